The Morgan fingerprint density at radius 3 is 2.04 bits per heavy atom. The van der Waals surface area contributed by atoms with Gasteiger partial charge in [0.2, 0.25) is 0 Å². The molecule has 146 valence electrons. The number of nitrogens with one attached hydrogen (secondary N) is 1. The minimum atomic E-state index is -0.264. The summed E-state index contributed by atoms with van der Waals surface area (Å²) >= 11 is 0. The molecular formula is C22H23NO5. The molecule has 0 unspecified atom stereocenters. The first kappa shape index (κ1) is 20.8. The number of hydrogen-bond donors (Lipinski definition) is 1. The van der Waals surface area contributed by atoms with Gasteiger partial charge in [0.15, 0.2) is 17.3 Å². The van der Waals surface area contributed by atoms with Crippen LogP contribution in [-0.2, 0) is 4.79 Å². The number of rotatable bonds is 8. The average molecular weight is 381 g/mol. The van der Waals surface area contributed by atoms with Crippen LogP contribution in [0.15, 0.2) is 54.6 Å². The Labute approximate surface area is 164 Å². The molecule has 0 aliphatic heterocycles. The summed E-state index contributed by atoms with van der Waals surface area (Å²) in [6.45, 7) is 5.21. The number of ketones is 1. The minimum absolute atomic E-state index is 0.186. The van der Waals surface area contributed by atoms with Gasteiger partial charge in [0, 0.05) is 28.5 Å². The Kier molecular flexibility index (Phi) is 6.98. The lowest BCUT2D eigenvalue weighted by Crippen LogP contribution is -2.11. The van der Waals surface area contributed by atoms with Crippen LogP contribution in [0.5, 0.6) is 17.2 Å². The zero-order valence-corrected chi connectivity index (χ0v) is 16.4. The molecule has 2 aromatic carbocycles. The highest BCUT2D eigenvalue weighted by atomic mass is 16.5. The molecule has 28 heavy (non-hydrogen) atoms. The molecule has 1 N–H and O–H groups in total. The van der Waals surface area contributed by atoms with Gasteiger partial charge in [-0.25, -0.2) is 0 Å². The lowest BCUT2D eigenvalue weighted by atomic mass is 10.1. The number of amides is 1. The van der Waals surface area contributed by atoms with Gasteiger partial charge in [0.1, 0.15) is 5.75 Å². The molecular weight excluding hydrogens is 358 g/mol. The van der Waals surface area contributed by atoms with Gasteiger partial charge in [-0.15, -0.1) is 0 Å². The van der Waals surface area contributed by atoms with E-state index in [1.165, 1.54) is 13.2 Å². The van der Waals surface area contributed by atoms with Crippen LogP contribution in [0.2, 0.25) is 0 Å². The van der Waals surface area contributed by atoms with Gasteiger partial charge in [-0.3, -0.25) is 9.59 Å². The van der Waals surface area contributed by atoms with E-state index in [0.717, 1.165) is 0 Å². The molecule has 0 atom stereocenters. The average Bonchev–Trinajstić information content (AvgIpc) is 2.71. The van der Waals surface area contributed by atoms with E-state index < -0.39 is 0 Å². The highest BCUT2D eigenvalue weighted by molar-refractivity contribution is 6.07. The van der Waals surface area contributed by atoms with Crippen molar-refractivity contribution in [3.05, 3.63) is 65.8 Å². The first-order valence-corrected chi connectivity index (χ1v) is 8.49. The van der Waals surface area contributed by atoms with Crippen molar-refractivity contribution in [1.29, 1.82) is 0 Å². The molecule has 6 heteroatoms. The molecule has 0 saturated heterocycles. The molecule has 0 fully saturated rings. The van der Waals surface area contributed by atoms with Crippen LogP contribution in [0.4, 0.5) is 5.69 Å². The Hall–Kier alpha value is -3.54. The molecule has 0 bridgehead atoms. The summed E-state index contributed by atoms with van der Waals surface area (Å²) < 4.78 is 15.9. The summed E-state index contributed by atoms with van der Waals surface area (Å²) in [4.78, 5) is 24.1. The third-order valence-electron chi connectivity index (χ3n) is 3.97. The van der Waals surface area contributed by atoms with E-state index >= 15 is 0 Å². The van der Waals surface area contributed by atoms with Gasteiger partial charge in [0.05, 0.1) is 21.3 Å². The number of anilines is 1. The summed E-state index contributed by atoms with van der Waals surface area (Å²) in [5, 5.41) is 2.69. The lowest BCUT2D eigenvalue weighted by molar-refractivity contribution is -0.112. The van der Waals surface area contributed by atoms with Crippen LogP contribution >= 0.6 is 0 Å². The summed E-state index contributed by atoms with van der Waals surface area (Å²) in [7, 11) is 4.62. The maximum atomic E-state index is 12.5. The summed E-state index contributed by atoms with van der Waals surface area (Å²) in [6.07, 6.45) is 3.10. The summed E-state index contributed by atoms with van der Waals surface area (Å²) in [5.74, 6) is 1.18. The number of hydrogen-bond acceptors (Lipinski definition) is 5. The van der Waals surface area contributed by atoms with Crippen molar-refractivity contribution in [2.75, 3.05) is 26.6 Å². The monoisotopic (exact) mass is 381 g/mol. The fraction of sp³-hybridized carbons (Fsp3) is 0.182. The van der Waals surface area contributed by atoms with E-state index in [2.05, 4.69) is 11.9 Å². The van der Waals surface area contributed by atoms with Gasteiger partial charge >= 0.3 is 0 Å². The van der Waals surface area contributed by atoms with Crippen LogP contribution in [0.25, 0.3) is 6.08 Å². The molecule has 1 amide bonds. The number of carbonyl (C=O) groups is 2. The number of ether oxygens (including phenoxy) is 3. The van der Waals surface area contributed by atoms with Crippen LogP contribution in [-0.4, -0.2) is 33.0 Å². The van der Waals surface area contributed by atoms with E-state index in [-0.39, 0.29) is 11.7 Å². The second kappa shape index (κ2) is 9.41. The molecule has 6 nitrogen and oxygen atoms in total. The summed E-state index contributed by atoms with van der Waals surface area (Å²) in [5.41, 5.74) is 2.17. The van der Waals surface area contributed by atoms with Crippen molar-refractivity contribution in [2.45, 2.75) is 6.92 Å². The molecule has 0 spiro atoms. The standard InChI is InChI=1S/C22H23NO5/c1-14(2)22(25)23-17-9-6-15(7-10-17)18(24)11-8-16-12-20(27-4)21(28-5)13-19(16)26-3/h6-13H,1H2,2-5H3,(H,23,25). The fourth-order valence-electron chi connectivity index (χ4n) is 2.40. The number of allylic oxidation sites excluding steroid dienone is 1. The Balaban J connectivity index is 2.19. The zero-order valence-electron chi connectivity index (χ0n) is 16.4. The van der Waals surface area contributed by atoms with Gasteiger partial charge < -0.3 is 19.5 Å². The van der Waals surface area contributed by atoms with E-state index in [1.807, 2.05) is 0 Å². The normalized spacial score (nSPS) is 10.4. The Morgan fingerprint density at radius 1 is 0.929 bits per heavy atom. The largest absolute Gasteiger partial charge is 0.496 e. The molecule has 0 aromatic heterocycles. The predicted octanol–water partition coefficient (Wildman–Crippen LogP) is 4.12. The molecule has 0 radical (unpaired) electrons. The topological polar surface area (TPSA) is 73.9 Å². The minimum Gasteiger partial charge on any atom is -0.496 e. The zero-order chi connectivity index (χ0) is 20.7. The highest BCUT2D eigenvalue weighted by Gasteiger charge is 2.11. The molecule has 0 heterocycles. The molecule has 2 rings (SSSR count). The van der Waals surface area contributed by atoms with Crippen molar-refractivity contribution >= 4 is 23.5 Å². The Bertz CT molecular complexity index is 913. The van der Waals surface area contributed by atoms with E-state index in [1.54, 1.807) is 63.6 Å². The van der Waals surface area contributed by atoms with Crippen molar-refractivity contribution in [2.24, 2.45) is 0 Å². The molecule has 2 aromatic rings. The SMILES string of the molecule is C=C(C)C(=O)Nc1ccc(C(=O)C=Cc2cc(OC)c(OC)cc2OC)cc1. The van der Waals surface area contributed by atoms with Crippen LogP contribution < -0.4 is 19.5 Å². The van der Waals surface area contributed by atoms with Gasteiger partial charge in [0.25, 0.3) is 5.91 Å². The smallest absolute Gasteiger partial charge is 0.250 e. The van der Waals surface area contributed by atoms with Crippen molar-refractivity contribution in [3.8, 4) is 17.2 Å². The summed E-state index contributed by atoms with van der Waals surface area (Å²) in [6, 6.07) is 10.1. The van der Waals surface area contributed by atoms with Gasteiger partial charge in [-0.2, -0.15) is 0 Å². The van der Waals surface area contributed by atoms with Crippen LogP contribution in [0.1, 0.15) is 22.8 Å². The first-order chi connectivity index (χ1) is 13.4. The van der Waals surface area contributed by atoms with Crippen molar-refractivity contribution < 1.29 is 23.8 Å². The van der Waals surface area contributed by atoms with Crippen molar-refractivity contribution in [1.82, 2.24) is 0 Å². The van der Waals surface area contributed by atoms with Gasteiger partial charge in [-0.05, 0) is 49.4 Å². The second-order valence-corrected chi connectivity index (χ2v) is 5.96. The van der Waals surface area contributed by atoms with Gasteiger partial charge in [-0.1, -0.05) is 6.58 Å². The molecule has 0 aliphatic rings. The molecule has 0 aliphatic carbocycles. The maximum absolute atomic E-state index is 12.5. The van der Waals surface area contributed by atoms with Crippen molar-refractivity contribution in [3.63, 3.8) is 0 Å². The van der Waals surface area contributed by atoms with Crippen LogP contribution in [0.3, 0.4) is 0 Å². The van der Waals surface area contributed by atoms with Crippen LogP contribution in [0, 0.1) is 0 Å². The number of benzene rings is 2. The molecule has 0 saturated carbocycles. The first-order valence-electron chi connectivity index (χ1n) is 8.49. The third kappa shape index (κ3) is 5.01. The maximum Gasteiger partial charge on any atom is 0.250 e. The number of carbonyl (C=O) groups excluding carboxylic acids is 2. The van der Waals surface area contributed by atoms with E-state index in [4.69, 9.17) is 14.2 Å². The fourth-order valence-corrected chi connectivity index (χ4v) is 2.40. The van der Waals surface area contributed by atoms with E-state index in [0.29, 0.717) is 39.6 Å². The Morgan fingerprint density at radius 2 is 1.50 bits per heavy atom. The quantitative estimate of drug-likeness (QED) is 0.550. The van der Waals surface area contributed by atoms with E-state index in [9.17, 15) is 9.59 Å². The predicted molar refractivity (Wildman–Crippen MR) is 109 cm³/mol. The third-order valence-corrected chi connectivity index (χ3v) is 3.97. The lowest BCUT2D eigenvalue weighted by Gasteiger charge is -2.12. The second-order valence-electron chi connectivity index (χ2n) is 5.96. The highest BCUT2D eigenvalue weighted by Crippen LogP contribution is 2.35. The number of methoxy groups -OCH3 is 3.